The average molecular weight is 371 g/mol. The largest absolute Gasteiger partial charge is 0.480 e. The maximum absolute atomic E-state index is 14.2. The molecule has 1 amide bonds. The highest BCUT2D eigenvalue weighted by Gasteiger charge is 2.54. The Morgan fingerprint density at radius 1 is 1.40 bits per heavy atom. The highest BCUT2D eigenvalue weighted by atomic mass is 35.5. The smallest absolute Gasteiger partial charge is 0.328 e. The Hall–Kier alpha value is -1.70. The van der Waals surface area contributed by atoms with E-state index < -0.39 is 29.5 Å². The van der Waals surface area contributed by atoms with Gasteiger partial charge in [-0.3, -0.25) is 9.69 Å². The lowest BCUT2D eigenvalue weighted by Gasteiger charge is -2.44. The van der Waals surface area contributed by atoms with Crippen LogP contribution in [-0.4, -0.2) is 64.8 Å². The van der Waals surface area contributed by atoms with Crippen molar-refractivity contribution in [1.82, 2.24) is 9.80 Å². The lowest BCUT2D eigenvalue weighted by Crippen LogP contribution is -2.58. The average Bonchev–Trinajstić information content (AvgIpc) is 2.94. The van der Waals surface area contributed by atoms with Gasteiger partial charge in [0.25, 0.3) is 5.91 Å². The minimum Gasteiger partial charge on any atom is -0.480 e. The van der Waals surface area contributed by atoms with E-state index in [1.54, 1.807) is 0 Å². The van der Waals surface area contributed by atoms with E-state index in [-0.39, 0.29) is 17.2 Å². The van der Waals surface area contributed by atoms with Gasteiger partial charge in [-0.05, 0) is 24.7 Å². The first-order valence-electron chi connectivity index (χ1n) is 8.26. The fourth-order valence-corrected chi connectivity index (χ4v) is 3.73. The van der Waals surface area contributed by atoms with Crippen LogP contribution in [0.15, 0.2) is 18.2 Å². The van der Waals surface area contributed by atoms with Gasteiger partial charge in [0, 0.05) is 31.0 Å². The Morgan fingerprint density at radius 3 is 2.64 bits per heavy atom. The summed E-state index contributed by atoms with van der Waals surface area (Å²) in [6, 6.07) is 2.62. The molecule has 3 rings (SSSR count). The molecule has 1 atom stereocenters. The van der Waals surface area contributed by atoms with Crippen molar-refractivity contribution in [3.63, 3.8) is 0 Å². The van der Waals surface area contributed by atoms with E-state index in [0.29, 0.717) is 25.9 Å². The van der Waals surface area contributed by atoms with Crippen molar-refractivity contribution >= 4 is 23.5 Å². The SMILES string of the molecule is CCN1CCC2(CC1)OCC(C(=O)O)N2C(=O)c1ccc(Cl)cc1F. The monoisotopic (exact) mass is 370 g/mol. The summed E-state index contributed by atoms with van der Waals surface area (Å²) in [5.41, 5.74) is -1.20. The van der Waals surface area contributed by atoms with Gasteiger partial charge in [0.2, 0.25) is 0 Å². The van der Waals surface area contributed by atoms with Crippen LogP contribution in [0.4, 0.5) is 4.39 Å². The molecule has 8 heteroatoms. The maximum atomic E-state index is 14.2. The van der Waals surface area contributed by atoms with Gasteiger partial charge in [0.15, 0.2) is 6.04 Å². The van der Waals surface area contributed by atoms with Crippen molar-refractivity contribution in [2.45, 2.75) is 31.5 Å². The molecule has 0 radical (unpaired) electrons. The molecule has 1 aromatic rings. The molecule has 2 heterocycles. The van der Waals surface area contributed by atoms with E-state index in [0.717, 1.165) is 12.6 Å². The predicted octanol–water partition coefficient (Wildman–Crippen LogP) is 2.22. The molecule has 2 aliphatic rings. The highest BCUT2D eigenvalue weighted by Crippen LogP contribution is 2.38. The minimum atomic E-state index is -1.16. The molecule has 1 N–H and O–H groups in total. The van der Waals surface area contributed by atoms with Crippen molar-refractivity contribution in [2.75, 3.05) is 26.2 Å². The number of likely N-dealkylation sites (tertiary alicyclic amines) is 1. The first kappa shape index (κ1) is 18.1. The van der Waals surface area contributed by atoms with Crippen LogP contribution in [0.2, 0.25) is 5.02 Å². The van der Waals surface area contributed by atoms with E-state index >= 15 is 0 Å². The molecule has 6 nitrogen and oxygen atoms in total. The lowest BCUT2D eigenvalue weighted by molar-refractivity contribution is -0.143. The Morgan fingerprint density at radius 2 is 2.08 bits per heavy atom. The molecule has 136 valence electrons. The topological polar surface area (TPSA) is 70.1 Å². The molecule has 2 aliphatic heterocycles. The molecular formula is C17H20ClFN2O4. The van der Waals surface area contributed by atoms with E-state index in [1.165, 1.54) is 17.0 Å². The van der Waals surface area contributed by atoms with Crippen molar-refractivity contribution in [2.24, 2.45) is 0 Å². The number of rotatable bonds is 3. The second kappa shape index (κ2) is 6.90. The number of carbonyl (C=O) groups excluding carboxylic acids is 1. The molecule has 2 saturated heterocycles. The molecule has 1 aromatic carbocycles. The number of carbonyl (C=O) groups is 2. The van der Waals surface area contributed by atoms with E-state index in [9.17, 15) is 19.1 Å². The quantitative estimate of drug-likeness (QED) is 0.883. The fraction of sp³-hybridized carbons (Fsp3) is 0.529. The van der Waals surface area contributed by atoms with Crippen LogP contribution in [0.25, 0.3) is 0 Å². The lowest BCUT2D eigenvalue weighted by atomic mass is 9.96. The van der Waals surface area contributed by atoms with Gasteiger partial charge in [-0.2, -0.15) is 0 Å². The summed E-state index contributed by atoms with van der Waals surface area (Å²) in [7, 11) is 0. The zero-order valence-corrected chi connectivity index (χ0v) is 14.6. The number of aliphatic carboxylic acids is 1. The van der Waals surface area contributed by atoms with E-state index in [1.807, 2.05) is 6.92 Å². The number of piperidine rings is 1. The van der Waals surface area contributed by atoms with Crippen molar-refractivity contribution in [3.05, 3.63) is 34.6 Å². The van der Waals surface area contributed by atoms with Crippen LogP contribution < -0.4 is 0 Å². The molecule has 2 fully saturated rings. The minimum absolute atomic E-state index is 0.0948. The number of carboxylic acids is 1. The van der Waals surface area contributed by atoms with Gasteiger partial charge in [0.05, 0.1) is 12.2 Å². The standard InChI is InChI=1S/C17H20ClFN2O4/c1-2-20-7-5-17(6-8-20)21(14(10-25-17)16(23)24)15(22)12-4-3-11(18)9-13(12)19/h3-4,9,14H,2,5-8,10H2,1H3,(H,23,24). The summed E-state index contributed by atoms with van der Waals surface area (Å²) < 4.78 is 20.0. The van der Waals surface area contributed by atoms with Crippen molar-refractivity contribution in [3.8, 4) is 0 Å². The Bertz CT molecular complexity index is 691. The Balaban J connectivity index is 1.95. The first-order chi connectivity index (χ1) is 11.9. The second-order valence-electron chi connectivity index (χ2n) is 6.34. The molecule has 0 aliphatic carbocycles. The Kier molecular flexibility index (Phi) is 4.99. The number of hydrogen-bond acceptors (Lipinski definition) is 4. The second-order valence-corrected chi connectivity index (χ2v) is 6.78. The molecule has 0 bridgehead atoms. The molecule has 25 heavy (non-hydrogen) atoms. The molecule has 1 spiro atoms. The molecular weight excluding hydrogens is 351 g/mol. The first-order valence-corrected chi connectivity index (χ1v) is 8.63. The number of nitrogens with zero attached hydrogens (tertiary/aromatic N) is 2. The predicted molar refractivity (Wildman–Crippen MR) is 89.0 cm³/mol. The van der Waals surface area contributed by atoms with Crippen LogP contribution in [0.1, 0.15) is 30.1 Å². The van der Waals surface area contributed by atoms with E-state index in [2.05, 4.69) is 4.90 Å². The summed E-state index contributed by atoms with van der Waals surface area (Å²) in [4.78, 5) is 28.1. The summed E-state index contributed by atoms with van der Waals surface area (Å²) >= 11 is 5.75. The summed E-state index contributed by atoms with van der Waals surface area (Å²) in [5, 5.41) is 9.68. The van der Waals surface area contributed by atoms with Crippen LogP contribution >= 0.6 is 11.6 Å². The number of ether oxygens (including phenoxy) is 1. The van der Waals surface area contributed by atoms with Gasteiger partial charge >= 0.3 is 5.97 Å². The number of halogens is 2. The van der Waals surface area contributed by atoms with Crippen molar-refractivity contribution in [1.29, 1.82) is 0 Å². The zero-order valence-electron chi connectivity index (χ0n) is 13.9. The zero-order chi connectivity index (χ0) is 18.2. The van der Waals surface area contributed by atoms with Gasteiger partial charge in [-0.25, -0.2) is 9.18 Å². The van der Waals surface area contributed by atoms with Gasteiger partial charge in [0.1, 0.15) is 11.5 Å². The normalized spacial score (nSPS) is 23.2. The van der Waals surface area contributed by atoms with Crippen LogP contribution in [0, 0.1) is 5.82 Å². The third kappa shape index (κ3) is 3.23. The number of carboxylic acid groups (broad SMARTS) is 1. The maximum Gasteiger partial charge on any atom is 0.328 e. The summed E-state index contributed by atoms with van der Waals surface area (Å²) in [5.74, 6) is -2.60. The van der Waals surface area contributed by atoms with Gasteiger partial charge < -0.3 is 14.7 Å². The molecule has 0 aromatic heterocycles. The van der Waals surface area contributed by atoms with Crippen LogP contribution in [0.3, 0.4) is 0 Å². The van der Waals surface area contributed by atoms with E-state index in [4.69, 9.17) is 16.3 Å². The van der Waals surface area contributed by atoms with Gasteiger partial charge in [-0.15, -0.1) is 0 Å². The molecule has 0 saturated carbocycles. The summed E-state index contributed by atoms with van der Waals surface area (Å²) in [6.07, 6.45) is 0.983. The third-order valence-electron chi connectivity index (χ3n) is 5.01. The molecule has 1 unspecified atom stereocenters. The summed E-state index contributed by atoms with van der Waals surface area (Å²) in [6.45, 7) is 4.20. The fourth-order valence-electron chi connectivity index (χ4n) is 3.57. The highest BCUT2D eigenvalue weighted by molar-refractivity contribution is 6.30. The van der Waals surface area contributed by atoms with Crippen LogP contribution in [-0.2, 0) is 9.53 Å². The van der Waals surface area contributed by atoms with Gasteiger partial charge in [-0.1, -0.05) is 18.5 Å². The third-order valence-corrected chi connectivity index (χ3v) is 5.25. The Labute approximate surface area is 150 Å². The van der Waals surface area contributed by atoms with Crippen molar-refractivity contribution < 1.29 is 23.8 Å². The number of amides is 1. The number of hydrogen-bond donors (Lipinski definition) is 1. The van der Waals surface area contributed by atoms with Crippen LogP contribution in [0.5, 0.6) is 0 Å². The number of benzene rings is 1.